The topological polar surface area (TPSA) is 24.5 Å². The van der Waals surface area contributed by atoms with E-state index in [9.17, 15) is 0 Å². The van der Waals surface area contributed by atoms with Gasteiger partial charge < -0.3 is 15.0 Å². The van der Waals surface area contributed by atoms with E-state index in [0.717, 1.165) is 19.1 Å². The van der Waals surface area contributed by atoms with E-state index in [1.807, 2.05) is 0 Å². The second kappa shape index (κ2) is 8.06. The lowest BCUT2D eigenvalue weighted by atomic mass is 10.0. The van der Waals surface area contributed by atoms with Crippen molar-refractivity contribution in [2.24, 2.45) is 5.92 Å². The molecule has 0 amide bonds. The molecular weight excluding hydrogens is 212 g/mol. The fourth-order valence-corrected chi connectivity index (χ4v) is 2.87. The number of rotatable bonds is 6. The molecule has 1 N–H and O–H groups in total. The summed E-state index contributed by atoms with van der Waals surface area (Å²) in [7, 11) is 0. The third-order valence-electron chi connectivity index (χ3n) is 4.05. The Labute approximate surface area is 106 Å². The summed E-state index contributed by atoms with van der Waals surface area (Å²) < 4.78 is 5.37. The van der Waals surface area contributed by atoms with Gasteiger partial charge in [-0.15, -0.1) is 0 Å². The summed E-state index contributed by atoms with van der Waals surface area (Å²) in [5.41, 5.74) is 0. The first-order valence-electron chi connectivity index (χ1n) is 7.46. The molecule has 0 aromatic rings. The molecule has 0 bridgehead atoms. The molecule has 2 heterocycles. The minimum Gasteiger partial charge on any atom is -0.381 e. The number of piperidine rings is 1. The van der Waals surface area contributed by atoms with Crippen LogP contribution in [0.1, 0.15) is 38.5 Å². The average Bonchev–Trinajstić information content (AvgIpc) is 2.41. The zero-order valence-corrected chi connectivity index (χ0v) is 11.1. The SMILES string of the molecule is C1CCN(CCCNCC2CCOCC2)CC1. The molecule has 0 radical (unpaired) electrons. The molecule has 0 aliphatic carbocycles. The number of hydrogen-bond donors (Lipinski definition) is 1. The Morgan fingerprint density at radius 1 is 1.06 bits per heavy atom. The smallest absolute Gasteiger partial charge is 0.0469 e. The predicted octanol–water partition coefficient (Wildman–Crippen LogP) is 1.88. The van der Waals surface area contributed by atoms with Crippen LogP contribution in [0.4, 0.5) is 0 Å². The van der Waals surface area contributed by atoms with Crippen LogP contribution in [0.5, 0.6) is 0 Å². The van der Waals surface area contributed by atoms with Crippen molar-refractivity contribution < 1.29 is 4.74 Å². The molecule has 0 aromatic carbocycles. The van der Waals surface area contributed by atoms with Gasteiger partial charge in [-0.3, -0.25) is 0 Å². The summed E-state index contributed by atoms with van der Waals surface area (Å²) in [6.45, 7) is 8.29. The summed E-state index contributed by atoms with van der Waals surface area (Å²) in [4.78, 5) is 2.62. The van der Waals surface area contributed by atoms with E-state index in [1.54, 1.807) is 0 Å². The van der Waals surface area contributed by atoms with Gasteiger partial charge in [0.15, 0.2) is 0 Å². The van der Waals surface area contributed by atoms with Gasteiger partial charge in [0.1, 0.15) is 0 Å². The summed E-state index contributed by atoms with van der Waals surface area (Å²) in [5.74, 6) is 0.860. The van der Waals surface area contributed by atoms with E-state index in [-0.39, 0.29) is 0 Å². The third kappa shape index (κ3) is 5.36. The van der Waals surface area contributed by atoms with Crippen LogP contribution in [0.3, 0.4) is 0 Å². The van der Waals surface area contributed by atoms with E-state index in [2.05, 4.69) is 10.2 Å². The maximum absolute atomic E-state index is 5.37. The second-order valence-corrected chi connectivity index (χ2v) is 5.52. The minimum atomic E-state index is 0.860. The number of nitrogens with zero attached hydrogens (tertiary/aromatic N) is 1. The molecule has 2 aliphatic heterocycles. The summed E-state index contributed by atoms with van der Waals surface area (Å²) in [6, 6.07) is 0. The molecule has 0 spiro atoms. The fraction of sp³-hybridized carbons (Fsp3) is 1.00. The largest absolute Gasteiger partial charge is 0.381 e. The van der Waals surface area contributed by atoms with Crippen molar-refractivity contribution in [1.82, 2.24) is 10.2 Å². The van der Waals surface area contributed by atoms with E-state index < -0.39 is 0 Å². The highest BCUT2D eigenvalue weighted by Gasteiger charge is 2.13. The monoisotopic (exact) mass is 240 g/mol. The van der Waals surface area contributed by atoms with Crippen LogP contribution in [0.15, 0.2) is 0 Å². The molecule has 2 saturated heterocycles. The Morgan fingerprint density at radius 3 is 2.59 bits per heavy atom. The Hall–Kier alpha value is -0.120. The Kier molecular flexibility index (Phi) is 6.32. The first-order chi connectivity index (χ1) is 8.45. The van der Waals surface area contributed by atoms with Gasteiger partial charge in [0, 0.05) is 13.2 Å². The minimum absolute atomic E-state index is 0.860. The summed E-state index contributed by atoms with van der Waals surface area (Å²) in [5, 5.41) is 3.61. The van der Waals surface area contributed by atoms with Crippen LogP contribution in [0.2, 0.25) is 0 Å². The van der Waals surface area contributed by atoms with Crippen molar-refractivity contribution in [2.75, 3.05) is 45.9 Å². The molecule has 0 unspecified atom stereocenters. The second-order valence-electron chi connectivity index (χ2n) is 5.52. The van der Waals surface area contributed by atoms with Crippen LogP contribution in [-0.2, 0) is 4.74 Å². The average molecular weight is 240 g/mol. The van der Waals surface area contributed by atoms with Gasteiger partial charge in [-0.1, -0.05) is 6.42 Å². The van der Waals surface area contributed by atoms with Crippen LogP contribution >= 0.6 is 0 Å². The van der Waals surface area contributed by atoms with Crippen molar-refractivity contribution in [3.05, 3.63) is 0 Å². The summed E-state index contributed by atoms with van der Waals surface area (Å²) >= 11 is 0. The maximum Gasteiger partial charge on any atom is 0.0469 e. The number of ether oxygens (including phenoxy) is 1. The van der Waals surface area contributed by atoms with Gasteiger partial charge in [-0.25, -0.2) is 0 Å². The normalized spacial score (nSPS) is 24.0. The van der Waals surface area contributed by atoms with E-state index >= 15 is 0 Å². The predicted molar refractivity (Wildman–Crippen MR) is 71.3 cm³/mol. The van der Waals surface area contributed by atoms with E-state index in [1.165, 1.54) is 71.2 Å². The zero-order chi connectivity index (χ0) is 11.8. The molecule has 100 valence electrons. The molecule has 17 heavy (non-hydrogen) atoms. The number of hydrogen-bond acceptors (Lipinski definition) is 3. The molecular formula is C14H28N2O. The highest BCUT2D eigenvalue weighted by atomic mass is 16.5. The Balaban J connectivity index is 1.42. The van der Waals surface area contributed by atoms with Crippen LogP contribution in [-0.4, -0.2) is 50.8 Å². The van der Waals surface area contributed by atoms with Gasteiger partial charge in [0.05, 0.1) is 0 Å². The van der Waals surface area contributed by atoms with Crippen LogP contribution in [0.25, 0.3) is 0 Å². The molecule has 2 aliphatic rings. The molecule has 0 saturated carbocycles. The standard InChI is InChI=1S/C14H28N2O/c1-2-8-16(9-3-1)10-4-7-15-13-14-5-11-17-12-6-14/h14-15H,1-13H2. The van der Waals surface area contributed by atoms with E-state index in [0.29, 0.717) is 0 Å². The van der Waals surface area contributed by atoms with Crippen LogP contribution in [0, 0.1) is 5.92 Å². The number of likely N-dealkylation sites (tertiary alicyclic amines) is 1. The maximum atomic E-state index is 5.37. The zero-order valence-electron chi connectivity index (χ0n) is 11.1. The van der Waals surface area contributed by atoms with Crippen molar-refractivity contribution >= 4 is 0 Å². The molecule has 0 atom stereocenters. The first-order valence-corrected chi connectivity index (χ1v) is 7.46. The van der Waals surface area contributed by atoms with Crippen molar-refractivity contribution in [3.8, 4) is 0 Å². The quantitative estimate of drug-likeness (QED) is 0.717. The van der Waals surface area contributed by atoms with Crippen molar-refractivity contribution in [3.63, 3.8) is 0 Å². The molecule has 0 aromatic heterocycles. The highest BCUT2D eigenvalue weighted by Crippen LogP contribution is 2.13. The fourth-order valence-electron chi connectivity index (χ4n) is 2.87. The first kappa shape index (κ1) is 13.3. The molecule has 2 fully saturated rings. The lowest BCUT2D eigenvalue weighted by Crippen LogP contribution is -2.33. The van der Waals surface area contributed by atoms with Crippen LogP contribution < -0.4 is 5.32 Å². The Morgan fingerprint density at radius 2 is 1.82 bits per heavy atom. The summed E-state index contributed by atoms with van der Waals surface area (Å²) in [6.07, 6.45) is 8.07. The van der Waals surface area contributed by atoms with Gasteiger partial charge in [-0.05, 0) is 70.7 Å². The lowest BCUT2D eigenvalue weighted by molar-refractivity contribution is 0.0663. The van der Waals surface area contributed by atoms with Gasteiger partial charge in [-0.2, -0.15) is 0 Å². The number of nitrogens with one attached hydrogen (secondary N) is 1. The molecule has 3 nitrogen and oxygen atoms in total. The molecule has 2 rings (SSSR count). The van der Waals surface area contributed by atoms with Gasteiger partial charge >= 0.3 is 0 Å². The Bertz CT molecular complexity index is 167. The van der Waals surface area contributed by atoms with Crippen molar-refractivity contribution in [2.45, 2.75) is 38.5 Å². The molecule has 3 heteroatoms. The van der Waals surface area contributed by atoms with E-state index in [4.69, 9.17) is 4.74 Å². The van der Waals surface area contributed by atoms with Crippen molar-refractivity contribution in [1.29, 1.82) is 0 Å². The highest BCUT2D eigenvalue weighted by molar-refractivity contribution is 4.67. The van der Waals surface area contributed by atoms with Gasteiger partial charge in [0.2, 0.25) is 0 Å². The lowest BCUT2D eigenvalue weighted by Gasteiger charge is -2.26. The third-order valence-corrected chi connectivity index (χ3v) is 4.05. The van der Waals surface area contributed by atoms with Gasteiger partial charge in [0.25, 0.3) is 0 Å².